The molecule has 0 heterocycles. The van der Waals surface area contributed by atoms with Gasteiger partial charge in [0.25, 0.3) is 0 Å². The van der Waals surface area contributed by atoms with Crippen LogP contribution in [0.4, 0.5) is 0 Å². The van der Waals surface area contributed by atoms with E-state index < -0.39 is 10.0 Å². The average molecular weight is 290 g/mol. The van der Waals surface area contributed by atoms with Crippen LogP contribution in [0, 0.1) is 11.8 Å². The normalized spacial score (nSPS) is 24.5. The summed E-state index contributed by atoms with van der Waals surface area (Å²) in [4.78, 5) is 0. The number of sulfonamides is 1. The van der Waals surface area contributed by atoms with E-state index in [1.165, 1.54) is 25.7 Å². The molecule has 0 bridgehead atoms. The molecule has 0 aromatic heterocycles. The van der Waals surface area contributed by atoms with Crippen molar-refractivity contribution in [3.05, 3.63) is 0 Å². The molecule has 0 radical (unpaired) electrons. The van der Waals surface area contributed by atoms with Gasteiger partial charge >= 0.3 is 0 Å². The fourth-order valence-electron chi connectivity index (χ4n) is 2.72. The molecule has 0 aromatic carbocycles. The van der Waals surface area contributed by atoms with Gasteiger partial charge in [0.15, 0.2) is 0 Å². The van der Waals surface area contributed by atoms with Crippen LogP contribution in [-0.4, -0.2) is 33.8 Å². The summed E-state index contributed by atoms with van der Waals surface area (Å²) in [6, 6.07) is 0. The molecule has 1 aliphatic rings. The van der Waals surface area contributed by atoms with Gasteiger partial charge in [-0.2, -0.15) is 0 Å². The summed E-state index contributed by atoms with van der Waals surface area (Å²) in [6.45, 7) is 6.80. The first kappa shape index (κ1) is 16.9. The third-order valence-corrected chi connectivity index (χ3v) is 5.55. The number of nitrogens with one attached hydrogen (secondary N) is 2. The summed E-state index contributed by atoms with van der Waals surface area (Å²) in [7, 11) is -3.07. The molecule has 1 saturated carbocycles. The van der Waals surface area contributed by atoms with E-state index in [1.807, 2.05) is 0 Å². The maximum Gasteiger partial charge on any atom is 0.211 e. The van der Waals surface area contributed by atoms with Crippen molar-refractivity contribution in [3.63, 3.8) is 0 Å². The third-order valence-electron chi connectivity index (χ3n) is 4.12. The molecule has 114 valence electrons. The molecule has 2 unspecified atom stereocenters. The number of rotatable bonds is 9. The van der Waals surface area contributed by atoms with Gasteiger partial charge in [-0.05, 0) is 44.2 Å². The van der Waals surface area contributed by atoms with E-state index in [2.05, 4.69) is 23.9 Å². The van der Waals surface area contributed by atoms with Gasteiger partial charge in [0.05, 0.1) is 5.75 Å². The van der Waals surface area contributed by atoms with Gasteiger partial charge in [0, 0.05) is 6.54 Å². The van der Waals surface area contributed by atoms with E-state index in [0.29, 0.717) is 18.4 Å². The molecule has 19 heavy (non-hydrogen) atoms. The fourth-order valence-corrected chi connectivity index (χ4v) is 3.92. The van der Waals surface area contributed by atoms with Crippen molar-refractivity contribution < 1.29 is 8.42 Å². The summed E-state index contributed by atoms with van der Waals surface area (Å²) in [6.07, 6.45) is 6.63. The van der Waals surface area contributed by atoms with Gasteiger partial charge in [-0.15, -0.1) is 0 Å². The van der Waals surface area contributed by atoms with Crippen molar-refractivity contribution in [1.29, 1.82) is 0 Å². The van der Waals surface area contributed by atoms with Gasteiger partial charge in [0.1, 0.15) is 0 Å². The van der Waals surface area contributed by atoms with Crippen molar-refractivity contribution >= 4 is 10.0 Å². The van der Waals surface area contributed by atoms with Crippen LogP contribution in [-0.2, 0) is 10.0 Å². The van der Waals surface area contributed by atoms with E-state index in [0.717, 1.165) is 25.9 Å². The molecular weight excluding hydrogens is 260 g/mol. The lowest BCUT2D eigenvalue weighted by atomic mass is 9.81. The predicted molar refractivity (Wildman–Crippen MR) is 80.7 cm³/mol. The molecule has 2 N–H and O–H groups in total. The number of unbranched alkanes of at least 4 members (excludes halogenated alkanes) is 1. The van der Waals surface area contributed by atoms with Crippen molar-refractivity contribution in [2.75, 3.05) is 25.4 Å². The molecule has 1 rings (SSSR count). The topological polar surface area (TPSA) is 58.2 Å². The van der Waals surface area contributed by atoms with Gasteiger partial charge in [-0.3, -0.25) is 0 Å². The van der Waals surface area contributed by atoms with Crippen molar-refractivity contribution in [1.82, 2.24) is 10.0 Å². The maximum atomic E-state index is 11.9. The van der Waals surface area contributed by atoms with Crippen LogP contribution in [0.1, 0.15) is 52.4 Å². The minimum atomic E-state index is -3.07. The minimum Gasteiger partial charge on any atom is -0.317 e. The van der Waals surface area contributed by atoms with Crippen LogP contribution in [0.15, 0.2) is 0 Å². The molecule has 1 fully saturated rings. The Morgan fingerprint density at radius 3 is 2.58 bits per heavy atom. The van der Waals surface area contributed by atoms with Crippen molar-refractivity contribution in [3.8, 4) is 0 Å². The highest BCUT2D eigenvalue weighted by molar-refractivity contribution is 7.89. The highest BCUT2D eigenvalue weighted by atomic mass is 32.2. The third kappa shape index (κ3) is 7.28. The smallest absolute Gasteiger partial charge is 0.211 e. The Morgan fingerprint density at radius 1 is 1.16 bits per heavy atom. The first-order valence-electron chi connectivity index (χ1n) is 7.73. The lowest BCUT2D eigenvalue weighted by molar-refractivity contribution is 0.257. The monoisotopic (exact) mass is 290 g/mol. The second kappa shape index (κ2) is 8.93. The summed E-state index contributed by atoms with van der Waals surface area (Å²) < 4.78 is 26.6. The molecule has 0 aliphatic heterocycles. The SMILES string of the molecule is CCNCCCCS(=O)(=O)NCC1CCCCC1C. The van der Waals surface area contributed by atoms with Gasteiger partial charge in [0.2, 0.25) is 10.0 Å². The van der Waals surface area contributed by atoms with Crippen molar-refractivity contribution in [2.24, 2.45) is 11.8 Å². The Morgan fingerprint density at radius 2 is 1.89 bits per heavy atom. The molecule has 4 nitrogen and oxygen atoms in total. The first-order valence-corrected chi connectivity index (χ1v) is 9.38. The zero-order chi connectivity index (χ0) is 14.1. The summed E-state index contributed by atoms with van der Waals surface area (Å²) in [5.41, 5.74) is 0. The predicted octanol–water partition coefficient (Wildman–Crippen LogP) is 2.12. The second-order valence-corrected chi connectivity index (χ2v) is 7.68. The molecule has 0 saturated heterocycles. The zero-order valence-corrected chi connectivity index (χ0v) is 13.3. The van der Waals surface area contributed by atoms with E-state index in [-0.39, 0.29) is 5.75 Å². The Kier molecular flexibility index (Phi) is 7.95. The van der Waals surface area contributed by atoms with Crippen LogP contribution < -0.4 is 10.0 Å². The molecule has 5 heteroatoms. The maximum absolute atomic E-state index is 11.9. The van der Waals surface area contributed by atoms with E-state index >= 15 is 0 Å². The van der Waals surface area contributed by atoms with Gasteiger partial charge in [-0.1, -0.05) is 33.1 Å². The molecule has 0 aromatic rings. The minimum absolute atomic E-state index is 0.263. The van der Waals surface area contributed by atoms with Crippen LogP contribution in [0.3, 0.4) is 0 Å². The fraction of sp³-hybridized carbons (Fsp3) is 1.00. The molecule has 1 aliphatic carbocycles. The number of hydrogen-bond acceptors (Lipinski definition) is 3. The molecule has 0 spiro atoms. The Bertz CT molecular complexity index is 330. The zero-order valence-electron chi connectivity index (χ0n) is 12.5. The average Bonchev–Trinajstić information content (AvgIpc) is 2.37. The van der Waals surface area contributed by atoms with Gasteiger partial charge < -0.3 is 5.32 Å². The van der Waals surface area contributed by atoms with Crippen LogP contribution in [0.2, 0.25) is 0 Å². The Labute approximate surface area is 118 Å². The van der Waals surface area contributed by atoms with Crippen LogP contribution in [0.25, 0.3) is 0 Å². The van der Waals surface area contributed by atoms with Crippen LogP contribution in [0.5, 0.6) is 0 Å². The molecular formula is C14H30N2O2S. The van der Waals surface area contributed by atoms with E-state index in [1.54, 1.807) is 0 Å². The highest BCUT2D eigenvalue weighted by Crippen LogP contribution is 2.28. The van der Waals surface area contributed by atoms with Crippen molar-refractivity contribution in [2.45, 2.75) is 52.4 Å². The lowest BCUT2D eigenvalue weighted by Gasteiger charge is -2.28. The summed E-state index contributed by atoms with van der Waals surface area (Å²) >= 11 is 0. The van der Waals surface area contributed by atoms with Gasteiger partial charge in [-0.25, -0.2) is 13.1 Å². The largest absolute Gasteiger partial charge is 0.317 e. The quantitative estimate of drug-likeness (QED) is 0.640. The first-order chi connectivity index (χ1) is 9.05. The molecule has 2 atom stereocenters. The van der Waals surface area contributed by atoms with E-state index in [9.17, 15) is 8.42 Å². The highest BCUT2D eigenvalue weighted by Gasteiger charge is 2.22. The Balaban J connectivity index is 2.18. The Hall–Kier alpha value is -0.130. The number of hydrogen-bond donors (Lipinski definition) is 2. The summed E-state index contributed by atoms with van der Waals surface area (Å²) in [5.74, 6) is 1.45. The summed E-state index contributed by atoms with van der Waals surface area (Å²) in [5, 5.41) is 3.21. The second-order valence-electron chi connectivity index (χ2n) is 5.75. The van der Waals surface area contributed by atoms with Crippen LogP contribution >= 0.6 is 0 Å². The standard InChI is InChI=1S/C14H30N2O2S/c1-3-15-10-6-7-11-19(17,18)16-12-14-9-5-4-8-13(14)2/h13-16H,3-12H2,1-2H3. The molecule has 0 amide bonds. The van der Waals surface area contributed by atoms with E-state index in [4.69, 9.17) is 0 Å². The lowest BCUT2D eigenvalue weighted by Crippen LogP contribution is -2.34.